The van der Waals surface area contributed by atoms with Crippen molar-refractivity contribution in [2.24, 2.45) is 0 Å². The molecule has 0 aliphatic carbocycles. The predicted molar refractivity (Wildman–Crippen MR) is 123 cm³/mol. The van der Waals surface area contributed by atoms with Crippen LogP contribution in [0.15, 0.2) is 23.8 Å². The average Bonchev–Trinajstić information content (AvgIpc) is 3.30. The summed E-state index contributed by atoms with van der Waals surface area (Å²) in [6.07, 6.45) is 5.34. The molecule has 3 heterocycles. The van der Waals surface area contributed by atoms with Gasteiger partial charge in [-0.05, 0) is 44.4 Å². The first-order chi connectivity index (χ1) is 13.2. The third-order valence-electron chi connectivity index (χ3n) is 5.00. The zero-order chi connectivity index (χ0) is 18.8. The van der Waals surface area contributed by atoms with Crippen LogP contribution in [0.1, 0.15) is 25.7 Å². The highest BCUT2D eigenvalue weighted by Crippen LogP contribution is 2.34. The first kappa shape index (κ1) is 23.9. The summed E-state index contributed by atoms with van der Waals surface area (Å²) in [6.45, 7) is 8.92. The van der Waals surface area contributed by atoms with E-state index < -0.39 is 0 Å². The highest BCUT2D eigenvalue weighted by molar-refractivity contribution is 7.14. The van der Waals surface area contributed by atoms with Crippen molar-refractivity contribution in [3.8, 4) is 11.3 Å². The number of fused-ring (bicyclic) bond motifs is 1. The Bertz CT molecular complexity index is 1000. The second-order valence-corrected chi connectivity index (χ2v) is 8.07. The molecular weight excluding hydrogens is 453 g/mol. The summed E-state index contributed by atoms with van der Waals surface area (Å²) in [6, 6.07) is 3.91. The van der Waals surface area contributed by atoms with Crippen molar-refractivity contribution in [2.45, 2.75) is 44.4 Å². The van der Waals surface area contributed by atoms with Crippen molar-refractivity contribution in [2.75, 3.05) is 6.54 Å². The number of imidazole rings is 1. The molecule has 0 unspecified atom stereocenters. The molecule has 2 atom stereocenters. The number of hydrogen-bond donors (Lipinski definition) is 2. The van der Waals surface area contributed by atoms with Crippen molar-refractivity contribution < 1.29 is 5.11 Å². The van der Waals surface area contributed by atoms with Crippen molar-refractivity contribution in [3.05, 3.63) is 40.3 Å². The molecule has 156 valence electrons. The molecule has 1 aliphatic heterocycles. The van der Waals surface area contributed by atoms with E-state index in [0.717, 1.165) is 61.1 Å². The summed E-state index contributed by atoms with van der Waals surface area (Å²) >= 11 is 7.61. The highest BCUT2D eigenvalue weighted by atomic mass is 35.5. The van der Waals surface area contributed by atoms with Crippen molar-refractivity contribution >= 4 is 63.9 Å². The number of aliphatic hydroxyl groups is 1. The van der Waals surface area contributed by atoms with Gasteiger partial charge in [-0.1, -0.05) is 18.2 Å². The number of nitrogens with zero attached hydrogens (tertiary/aromatic N) is 4. The fourth-order valence-electron chi connectivity index (χ4n) is 3.69. The van der Waals surface area contributed by atoms with E-state index in [-0.39, 0.29) is 37.0 Å². The summed E-state index contributed by atoms with van der Waals surface area (Å²) < 4.78 is 2.12. The molecule has 0 amide bonds. The molecule has 4 rings (SSSR count). The summed E-state index contributed by atoms with van der Waals surface area (Å²) in [5.74, 6) is 0. The van der Waals surface area contributed by atoms with Gasteiger partial charge in [-0.3, -0.25) is 0 Å². The molecule has 0 spiro atoms. The van der Waals surface area contributed by atoms with Gasteiger partial charge in [0.2, 0.25) is 0 Å². The van der Waals surface area contributed by atoms with Crippen molar-refractivity contribution in [1.82, 2.24) is 19.9 Å². The summed E-state index contributed by atoms with van der Waals surface area (Å²) in [7, 11) is 0. The van der Waals surface area contributed by atoms with E-state index in [4.69, 9.17) is 18.2 Å². The Hall–Kier alpha value is -1.40. The minimum atomic E-state index is -0.255. The average molecular weight is 475 g/mol. The van der Waals surface area contributed by atoms with E-state index in [2.05, 4.69) is 24.7 Å². The number of benzene rings is 1. The lowest BCUT2D eigenvalue weighted by Crippen LogP contribution is -2.44. The smallest absolute Gasteiger partial charge is 0.329 e. The molecular formula is C19H22Cl3N5OS. The number of nitrogens with one attached hydrogen (secondary N) is 1. The molecule has 1 saturated heterocycles. The van der Waals surface area contributed by atoms with Crippen LogP contribution in [0, 0.1) is 6.57 Å². The molecule has 29 heavy (non-hydrogen) atoms. The first-order valence-electron chi connectivity index (χ1n) is 9.05. The van der Waals surface area contributed by atoms with Crippen LogP contribution in [0.25, 0.3) is 27.1 Å². The number of aliphatic hydroxyl groups excluding tert-OH is 1. The molecule has 1 aromatic carbocycles. The Kier molecular flexibility index (Phi) is 8.71. The molecule has 10 heteroatoms. The number of rotatable bonds is 5. The predicted octanol–water partition coefficient (Wildman–Crippen LogP) is 5.10. The lowest BCUT2D eigenvalue weighted by Gasteiger charge is -2.29. The molecule has 0 bridgehead atoms. The van der Waals surface area contributed by atoms with Crippen LogP contribution in [0.2, 0.25) is 5.02 Å². The van der Waals surface area contributed by atoms with E-state index >= 15 is 0 Å². The third-order valence-corrected chi connectivity index (χ3v) is 5.96. The van der Waals surface area contributed by atoms with Crippen LogP contribution in [0.5, 0.6) is 0 Å². The van der Waals surface area contributed by atoms with Crippen LogP contribution < -0.4 is 5.32 Å². The normalized spacial score (nSPS) is 18.7. The van der Waals surface area contributed by atoms with E-state index in [1.807, 2.05) is 23.8 Å². The van der Waals surface area contributed by atoms with Gasteiger partial charge in [0.1, 0.15) is 0 Å². The fraction of sp³-hybridized carbons (Fsp3) is 0.421. The topological polar surface area (TPSA) is 67.3 Å². The van der Waals surface area contributed by atoms with Crippen LogP contribution in [0.4, 0.5) is 5.13 Å². The molecule has 0 radical (unpaired) electrons. The Morgan fingerprint density at radius 1 is 1.38 bits per heavy atom. The largest absolute Gasteiger partial charge is 0.392 e. The quantitative estimate of drug-likeness (QED) is 0.505. The zero-order valence-electron chi connectivity index (χ0n) is 15.5. The van der Waals surface area contributed by atoms with Gasteiger partial charge < -0.3 is 19.8 Å². The molecule has 1 fully saturated rings. The Labute approximate surface area is 191 Å². The number of aromatic nitrogens is 3. The van der Waals surface area contributed by atoms with E-state index in [0.29, 0.717) is 10.2 Å². The van der Waals surface area contributed by atoms with E-state index in [1.54, 1.807) is 0 Å². The Morgan fingerprint density at radius 3 is 2.93 bits per heavy atom. The van der Waals surface area contributed by atoms with Gasteiger partial charge in [0.05, 0.1) is 29.0 Å². The molecule has 1 aliphatic rings. The second-order valence-electron chi connectivity index (χ2n) is 6.80. The summed E-state index contributed by atoms with van der Waals surface area (Å²) in [5, 5.41) is 16.4. The minimum Gasteiger partial charge on any atom is -0.392 e. The van der Waals surface area contributed by atoms with Crippen molar-refractivity contribution in [3.63, 3.8) is 0 Å². The lowest BCUT2D eigenvalue weighted by molar-refractivity contribution is 0.0909. The van der Waals surface area contributed by atoms with Gasteiger partial charge in [-0.25, -0.2) is 4.98 Å². The van der Waals surface area contributed by atoms with Gasteiger partial charge in [0.25, 0.3) is 0 Å². The lowest BCUT2D eigenvalue weighted by atomic mass is 9.97. The minimum absolute atomic E-state index is 0. The number of piperidine rings is 1. The third kappa shape index (κ3) is 5.21. The van der Waals surface area contributed by atoms with Gasteiger partial charge in [0, 0.05) is 23.0 Å². The van der Waals surface area contributed by atoms with E-state index in [1.165, 1.54) is 11.3 Å². The Morgan fingerprint density at radius 2 is 2.21 bits per heavy atom. The zero-order valence-corrected chi connectivity index (χ0v) is 18.8. The maximum Gasteiger partial charge on any atom is 0.329 e. The van der Waals surface area contributed by atoms with Crippen LogP contribution in [-0.2, 0) is 6.54 Å². The molecule has 2 aromatic heterocycles. The monoisotopic (exact) mass is 473 g/mol. The molecule has 3 aromatic rings. The molecule has 2 N–H and O–H groups in total. The van der Waals surface area contributed by atoms with Crippen LogP contribution in [0.3, 0.4) is 0 Å². The second kappa shape index (κ2) is 10.6. The number of aryl methyl sites for hydroxylation is 1. The van der Waals surface area contributed by atoms with Crippen molar-refractivity contribution in [1.29, 1.82) is 0 Å². The van der Waals surface area contributed by atoms with E-state index in [9.17, 15) is 5.11 Å². The first-order valence-corrected chi connectivity index (χ1v) is 10.3. The summed E-state index contributed by atoms with van der Waals surface area (Å²) in [4.78, 5) is 12.3. The van der Waals surface area contributed by atoms with Gasteiger partial charge in [-0.15, -0.1) is 41.1 Å². The Balaban J connectivity index is 0.00000150. The fourth-order valence-corrected chi connectivity index (χ4v) is 4.50. The SMILES string of the molecule is Cl.Cl.[C-]#[N+]c1nc(-c2cc(Cl)cc3ncn(CCC[C@H]4NCCC[C@@H]4O)c23)cs1. The number of thiazole rings is 1. The maximum atomic E-state index is 10.1. The molecule has 0 saturated carbocycles. The summed E-state index contributed by atoms with van der Waals surface area (Å²) in [5.41, 5.74) is 3.46. The van der Waals surface area contributed by atoms with Crippen LogP contribution >= 0.6 is 47.8 Å². The number of hydrogen-bond acceptors (Lipinski definition) is 5. The standard InChI is InChI=1S/C19H20ClN5OS.2ClH/c1-21-19-24-16(10-27-19)13-8-12(20)9-15-18(13)25(11-23-15)7-3-4-14-17(26)5-2-6-22-14;;/h8-11,14,17,22,26H,2-7H2;2*1H/t14-,17+;;/m1../s1. The maximum absolute atomic E-state index is 10.1. The van der Waals surface area contributed by atoms with Gasteiger partial charge >= 0.3 is 5.13 Å². The van der Waals surface area contributed by atoms with Gasteiger partial charge in [0.15, 0.2) is 5.69 Å². The van der Waals surface area contributed by atoms with Gasteiger partial charge in [-0.2, -0.15) is 0 Å². The highest BCUT2D eigenvalue weighted by Gasteiger charge is 2.22. The molecule has 6 nitrogen and oxygen atoms in total. The van der Waals surface area contributed by atoms with Crippen LogP contribution in [-0.4, -0.2) is 38.3 Å². The number of halogens is 3.